The van der Waals surface area contributed by atoms with Crippen molar-refractivity contribution >= 4 is 56.4 Å². The summed E-state index contributed by atoms with van der Waals surface area (Å²) >= 11 is 1.96. The normalized spacial score (nSPS) is 17.8. The molecule has 0 saturated carbocycles. The van der Waals surface area contributed by atoms with Gasteiger partial charge >= 0.3 is 12.1 Å². The highest BCUT2D eigenvalue weighted by Crippen LogP contribution is 2.33. The number of nitrogens with two attached hydrogens (primary N) is 2. The van der Waals surface area contributed by atoms with Gasteiger partial charge in [0, 0.05) is 78.3 Å². The first-order valence-corrected chi connectivity index (χ1v) is 20.3. The molecule has 8 heterocycles. The Morgan fingerprint density at radius 2 is 1.13 bits per heavy atom. The molecule has 4 aliphatic rings. The molecule has 0 fully saturated rings. The molecule has 14 heteroatoms. The summed E-state index contributed by atoms with van der Waals surface area (Å²) in [7, 11) is -2.96. The number of primary amides is 2. The Morgan fingerprint density at radius 1 is 0.635 bits per heavy atom. The maximum atomic E-state index is 11.6. The van der Waals surface area contributed by atoms with Crippen LogP contribution in [-0.2, 0) is 22.7 Å². The number of hydrogen-bond donors (Lipinski definition) is 2. The molecule has 4 amide bonds. The minimum absolute atomic E-state index is 0.0793. The van der Waals surface area contributed by atoms with Gasteiger partial charge in [0.05, 0.1) is 11.5 Å². The van der Waals surface area contributed by atoms with Crippen molar-refractivity contribution in [3.8, 4) is 22.3 Å². The molecule has 0 atom stereocenters. The molecule has 12 nitrogen and oxygen atoms in total. The van der Waals surface area contributed by atoms with Crippen molar-refractivity contribution in [1.29, 1.82) is 0 Å². The van der Waals surface area contributed by atoms with Gasteiger partial charge in [0.25, 0.3) is 0 Å². The highest BCUT2D eigenvalue weighted by molar-refractivity contribution is 7.99. The van der Waals surface area contributed by atoms with Gasteiger partial charge in [-0.2, -0.15) is 11.8 Å². The van der Waals surface area contributed by atoms with Crippen LogP contribution in [0.3, 0.4) is 0 Å². The molecular formula is C38H40N8O4S2. The number of amides is 4. The van der Waals surface area contributed by atoms with Crippen molar-refractivity contribution in [1.82, 2.24) is 19.9 Å². The number of urea groups is 2. The maximum Gasteiger partial charge on any atom is 0.320 e. The van der Waals surface area contributed by atoms with Crippen LogP contribution in [0.2, 0.25) is 0 Å². The lowest BCUT2D eigenvalue weighted by atomic mass is 9.98. The lowest BCUT2D eigenvalue weighted by molar-refractivity contribution is 0.252. The van der Waals surface area contributed by atoms with Crippen molar-refractivity contribution in [2.24, 2.45) is 11.5 Å². The number of nitrogens with zero attached hydrogens (tertiary/aromatic N) is 6. The molecule has 52 heavy (non-hydrogen) atoms. The van der Waals surface area contributed by atoms with E-state index in [4.69, 9.17) is 11.5 Å². The van der Waals surface area contributed by atoms with E-state index in [2.05, 4.69) is 38.1 Å². The van der Waals surface area contributed by atoms with Crippen molar-refractivity contribution in [3.05, 3.63) is 95.9 Å². The number of pyridine rings is 4. The topological polar surface area (TPSA) is 178 Å². The molecule has 4 aliphatic heterocycles. The van der Waals surface area contributed by atoms with Crippen molar-refractivity contribution in [2.45, 2.75) is 38.5 Å². The number of fused-ring (bicyclic) bond motifs is 2. The third-order valence-corrected chi connectivity index (χ3v) is 12.1. The van der Waals surface area contributed by atoms with Crippen molar-refractivity contribution in [2.75, 3.05) is 45.9 Å². The zero-order chi connectivity index (χ0) is 36.2. The Kier molecular flexibility index (Phi) is 10.4. The molecule has 0 unspecified atom stereocenters. The van der Waals surface area contributed by atoms with E-state index in [0.717, 1.165) is 82.4 Å². The second-order valence-corrected chi connectivity index (χ2v) is 16.6. The third-order valence-electron chi connectivity index (χ3n) is 9.70. The van der Waals surface area contributed by atoms with Crippen LogP contribution in [0.25, 0.3) is 33.4 Å². The average Bonchev–Trinajstić information content (AvgIpc) is 3.17. The Bertz CT molecular complexity index is 2200. The first kappa shape index (κ1) is 35.3. The highest BCUT2D eigenvalue weighted by atomic mass is 32.2. The van der Waals surface area contributed by atoms with Crippen LogP contribution in [-0.4, -0.2) is 76.5 Å². The summed E-state index contributed by atoms with van der Waals surface area (Å²) in [5.41, 5.74) is 21.4. The van der Waals surface area contributed by atoms with Gasteiger partial charge in [0.15, 0.2) is 9.84 Å². The van der Waals surface area contributed by atoms with Gasteiger partial charge < -0.3 is 11.5 Å². The largest absolute Gasteiger partial charge is 0.351 e. The molecular weight excluding hydrogens is 697 g/mol. The van der Waals surface area contributed by atoms with Crippen molar-refractivity contribution in [3.63, 3.8) is 0 Å². The molecule has 0 aliphatic carbocycles. The molecule has 4 N–H and O–H groups in total. The van der Waals surface area contributed by atoms with E-state index in [-0.39, 0.29) is 11.5 Å². The Hall–Kier alpha value is -5.08. The smallest absolute Gasteiger partial charge is 0.320 e. The van der Waals surface area contributed by atoms with E-state index < -0.39 is 21.9 Å². The predicted octanol–water partition coefficient (Wildman–Crippen LogP) is 5.67. The number of allylic oxidation sites excluding steroid dienone is 2. The molecule has 0 saturated heterocycles. The first-order chi connectivity index (χ1) is 25.1. The molecule has 268 valence electrons. The lowest BCUT2D eigenvalue weighted by Crippen LogP contribution is -2.40. The van der Waals surface area contributed by atoms with Crippen LogP contribution in [0.4, 0.5) is 21.2 Å². The summed E-state index contributed by atoms with van der Waals surface area (Å²) in [5.74, 6) is 3.81. The summed E-state index contributed by atoms with van der Waals surface area (Å²) in [5, 5.41) is 0. The Balaban J connectivity index is 0.000000162. The van der Waals surface area contributed by atoms with Gasteiger partial charge in [-0.25, -0.2) is 28.0 Å². The number of thioether (sulfide) groups is 1. The quantitative estimate of drug-likeness (QED) is 0.267. The predicted molar refractivity (Wildman–Crippen MR) is 207 cm³/mol. The van der Waals surface area contributed by atoms with Crippen LogP contribution in [0.1, 0.15) is 47.9 Å². The molecule has 8 rings (SSSR count). The molecule has 4 aromatic rings. The first-order valence-electron chi connectivity index (χ1n) is 17.3. The second kappa shape index (κ2) is 15.3. The average molecular weight is 737 g/mol. The summed E-state index contributed by atoms with van der Waals surface area (Å²) < 4.78 is 23.2. The van der Waals surface area contributed by atoms with Gasteiger partial charge in [-0.1, -0.05) is 12.2 Å². The number of hydrogen-bond acceptors (Lipinski definition) is 9. The number of rotatable bonds is 4. The number of aryl methyl sites for hydroxylation is 2. The van der Waals surface area contributed by atoms with E-state index >= 15 is 0 Å². The van der Waals surface area contributed by atoms with Gasteiger partial charge in [0.2, 0.25) is 0 Å². The molecule has 0 aromatic carbocycles. The second-order valence-electron chi connectivity index (χ2n) is 13.2. The standard InChI is InChI=1S/C19H20N4O3S.C19H20N4OS/c20-19(24)23-5-1-2-14-8-17(12-22-18(14)23)16-9-15(10-21-11-16)13-3-6-27(25,26)7-4-13;20-19(24)23-5-1-2-14-8-17(12-22-18(14)23)16-9-15(10-21-11-16)13-3-6-25-7-4-13/h3,8-12H,1-2,4-7H2,(H2,20,24);3,8-12H,1-2,4-7H2,(H2,20,24). The highest BCUT2D eigenvalue weighted by Gasteiger charge is 2.24. The SMILES string of the molecule is NC(=O)N1CCCc2cc(-c3cncc(C4=CCS(=O)(=O)CC4)c3)cnc21.NC(=O)N1CCCc2cc(-c3cncc(C4=CCSCC4)c3)cnc21. The molecule has 0 radical (unpaired) electrons. The van der Waals surface area contributed by atoms with E-state index in [0.29, 0.717) is 31.1 Å². The summed E-state index contributed by atoms with van der Waals surface area (Å²) in [6.07, 6.45) is 20.0. The maximum absolute atomic E-state index is 11.6. The van der Waals surface area contributed by atoms with Gasteiger partial charge in [0.1, 0.15) is 11.6 Å². The minimum Gasteiger partial charge on any atom is -0.351 e. The fourth-order valence-electron chi connectivity index (χ4n) is 6.95. The number of sulfone groups is 1. The molecule has 0 bridgehead atoms. The zero-order valence-corrected chi connectivity index (χ0v) is 30.3. The number of carbonyl (C=O) groups is 2. The van der Waals surface area contributed by atoms with Crippen LogP contribution >= 0.6 is 11.8 Å². The number of carbonyl (C=O) groups excluding carboxylic acids is 2. The summed E-state index contributed by atoms with van der Waals surface area (Å²) in [6.45, 7) is 1.22. The van der Waals surface area contributed by atoms with Crippen LogP contribution in [0.5, 0.6) is 0 Å². The van der Waals surface area contributed by atoms with Crippen LogP contribution < -0.4 is 21.3 Å². The fourth-order valence-corrected chi connectivity index (χ4v) is 8.95. The summed E-state index contributed by atoms with van der Waals surface area (Å²) in [4.78, 5) is 44.0. The van der Waals surface area contributed by atoms with Crippen LogP contribution in [0.15, 0.2) is 73.6 Å². The number of aromatic nitrogens is 4. The van der Waals surface area contributed by atoms with E-state index in [1.165, 1.54) is 21.8 Å². The van der Waals surface area contributed by atoms with E-state index in [1.54, 1.807) is 29.6 Å². The molecule has 4 aromatic heterocycles. The van der Waals surface area contributed by atoms with E-state index in [9.17, 15) is 18.0 Å². The van der Waals surface area contributed by atoms with Gasteiger partial charge in [-0.15, -0.1) is 0 Å². The van der Waals surface area contributed by atoms with Gasteiger partial charge in [-0.05, 0) is 102 Å². The Labute approximate surface area is 307 Å². The van der Waals surface area contributed by atoms with Crippen molar-refractivity contribution < 1.29 is 18.0 Å². The summed E-state index contributed by atoms with van der Waals surface area (Å²) in [6, 6.07) is 7.41. The van der Waals surface area contributed by atoms with Crippen LogP contribution in [0, 0.1) is 0 Å². The van der Waals surface area contributed by atoms with Gasteiger partial charge in [-0.3, -0.25) is 19.8 Å². The molecule has 0 spiro atoms. The Morgan fingerprint density at radius 3 is 1.60 bits per heavy atom. The minimum atomic E-state index is -2.96. The lowest BCUT2D eigenvalue weighted by Gasteiger charge is -2.26. The third kappa shape index (κ3) is 7.87. The monoisotopic (exact) mass is 736 g/mol. The van der Waals surface area contributed by atoms with E-state index in [1.807, 2.05) is 42.5 Å². The number of anilines is 2. The fraction of sp³-hybridized carbons (Fsp3) is 0.316. The zero-order valence-electron chi connectivity index (χ0n) is 28.7.